The van der Waals surface area contributed by atoms with E-state index in [9.17, 15) is 9.59 Å². The van der Waals surface area contributed by atoms with E-state index in [1.54, 1.807) is 0 Å². The molecule has 0 radical (unpaired) electrons. The molecule has 0 aliphatic carbocycles. The molecule has 116 valence electrons. The highest BCUT2D eigenvalue weighted by Crippen LogP contribution is 2.08. The summed E-state index contributed by atoms with van der Waals surface area (Å²) in [5.41, 5.74) is 0.914. The third kappa shape index (κ3) is 6.90. The van der Waals surface area contributed by atoms with E-state index in [4.69, 9.17) is 9.47 Å². The molecule has 5 nitrogen and oxygen atoms in total. The molecular weight excluding hydrogens is 270 g/mol. The van der Waals surface area contributed by atoms with E-state index in [2.05, 4.69) is 5.32 Å². The zero-order valence-electron chi connectivity index (χ0n) is 12.8. The molecule has 1 atom stereocenters. The van der Waals surface area contributed by atoms with Gasteiger partial charge in [0.05, 0.1) is 0 Å². The topological polar surface area (TPSA) is 64.6 Å². The Morgan fingerprint density at radius 1 is 1.19 bits per heavy atom. The first-order valence-corrected chi connectivity index (χ1v) is 7.01. The number of carbonyl (C=O) groups excluding carboxylic acids is 2. The molecule has 5 heteroatoms. The minimum Gasteiger partial charge on any atom is -0.459 e. The Hall–Kier alpha value is -1.88. The quantitative estimate of drug-likeness (QED) is 0.744. The van der Waals surface area contributed by atoms with Gasteiger partial charge in [-0.15, -0.1) is 0 Å². The minimum absolute atomic E-state index is 0.0689. The second-order valence-corrected chi connectivity index (χ2v) is 5.28. The van der Waals surface area contributed by atoms with Crippen LogP contribution in [-0.4, -0.2) is 31.6 Å². The number of esters is 1. The van der Waals surface area contributed by atoms with Gasteiger partial charge < -0.3 is 14.8 Å². The van der Waals surface area contributed by atoms with E-state index in [0.717, 1.165) is 5.56 Å². The lowest BCUT2D eigenvalue weighted by molar-refractivity contribution is -0.150. The number of hydrogen-bond donors (Lipinski definition) is 1. The molecule has 0 heterocycles. The normalized spacial score (nSPS) is 12.0. The van der Waals surface area contributed by atoms with E-state index in [-0.39, 0.29) is 25.0 Å². The first kappa shape index (κ1) is 17.2. The highest BCUT2D eigenvalue weighted by atomic mass is 16.5. The summed E-state index contributed by atoms with van der Waals surface area (Å²) in [5.74, 6) is -0.473. The van der Waals surface area contributed by atoms with Crippen molar-refractivity contribution in [1.82, 2.24) is 5.32 Å². The molecule has 0 fully saturated rings. The van der Waals surface area contributed by atoms with Gasteiger partial charge in [0.25, 0.3) is 0 Å². The van der Waals surface area contributed by atoms with Crippen molar-refractivity contribution < 1.29 is 19.1 Å². The highest BCUT2D eigenvalue weighted by Gasteiger charge is 2.23. The summed E-state index contributed by atoms with van der Waals surface area (Å²) in [4.78, 5) is 23.7. The molecule has 0 spiro atoms. The van der Waals surface area contributed by atoms with Gasteiger partial charge in [-0.3, -0.25) is 4.79 Å². The van der Waals surface area contributed by atoms with E-state index in [1.807, 2.05) is 44.2 Å². The van der Waals surface area contributed by atoms with Crippen LogP contribution in [0.3, 0.4) is 0 Å². The first-order chi connectivity index (χ1) is 10.0. The van der Waals surface area contributed by atoms with Crippen LogP contribution in [-0.2, 0) is 25.7 Å². The molecule has 1 rings (SSSR count). The Balaban J connectivity index is 2.56. The molecule has 0 unspecified atom stereocenters. The van der Waals surface area contributed by atoms with Crippen LogP contribution >= 0.6 is 0 Å². The molecule has 0 aromatic heterocycles. The molecule has 0 saturated heterocycles. The summed E-state index contributed by atoms with van der Waals surface area (Å²) in [6.07, 6.45) is 0.531. The van der Waals surface area contributed by atoms with Crippen molar-refractivity contribution in [3.8, 4) is 0 Å². The Morgan fingerprint density at radius 2 is 1.86 bits per heavy atom. The standard InChI is InChI=1S/C16H23NO4/c1-12(2)9-14(17-15(18)11-20-3)16(19)21-10-13-7-5-4-6-8-13/h4-8,12,14H,9-11H2,1-3H3,(H,17,18)/t14-/m0/s1. The Bertz CT molecular complexity index is 445. The summed E-state index contributed by atoms with van der Waals surface area (Å²) < 4.78 is 10.0. The molecule has 1 amide bonds. The van der Waals surface area contributed by atoms with Gasteiger partial charge in [-0.05, 0) is 17.9 Å². The average Bonchev–Trinajstić information content (AvgIpc) is 2.45. The van der Waals surface area contributed by atoms with Gasteiger partial charge in [-0.2, -0.15) is 0 Å². The lowest BCUT2D eigenvalue weighted by Crippen LogP contribution is -2.44. The minimum atomic E-state index is -0.642. The Morgan fingerprint density at radius 3 is 2.43 bits per heavy atom. The monoisotopic (exact) mass is 293 g/mol. The SMILES string of the molecule is COCC(=O)N[C@@H](CC(C)C)C(=O)OCc1ccccc1. The summed E-state index contributed by atoms with van der Waals surface area (Å²) in [7, 11) is 1.44. The maximum absolute atomic E-state index is 12.1. The lowest BCUT2D eigenvalue weighted by atomic mass is 10.0. The summed E-state index contributed by atoms with van der Waals surface area (Å²) in [5, 5.41) is 2.65. The summed E-state index contributed by atoms with van der Waals surface area (Å²) in [6.45, 7) is 4.11. The number of ether oxygens (including phenoxy) is 2. The van der Waals surface area contributed by atoms with Crippen molar-refractivity contribution in [2.24, 2.45) is 5.92 Å². The van der Waals surface area contributed by atoms with Crippen LogP contribution in [0, 0.1) is 5.92 Å². The van der Waals surface area contributed by atoms with E-state index < -0.39 is 12.0 Å². The van der Waals surface area contributed by atoms with Gasteiger partial charge in [0, 0.05) is 7.11 Å². The van der Waals surface area contributed by atoms with Crippen LogP contribution in [0.1, 0.15) is 25.8 Å². The maximum Gasteiger partial charge on any atom is 0.328 e. The van der Waals surface area contributed by atoms with Crippen LogP contribution in [0.4, 0.5) is 0 Å². The lowest BCUT2D eigenvalue weighted by Gasteiger charge is -2.19. The number of methoxy groups -OCH3 is 1. The fourth-order valence-electron chi connectivity index (χ4n) is 1.88. The molecule has 0 bridgehead atoms. The average molecular weight is 293 g/mol. The second kappa shape index (κ2) is 9.13. The van der Waals surface area contributed by atoms with Gasteiger partial charge >= 0.3 is 5.97 Å². The third-order valence-electron chi connectivity index (χ3n) is 2.83. The van der Waals surface area contributed by atoms with Crippen LogP contribution in [0.2, 0.25) is 0 Å². The molecule has 0 aliphatic rings. The summed E-state index contributed by atoms with van der Waals surface area (Å²) >= 11 is 0. The van der Waals surface area contributed by atoms with Gasteiger partial charge in [-0.1, -0.05) is 44.2 Å². The van der Waals surface area contributed by atoms with E-state index in [1.165, 1.54) is 7.11 Å². The van der Waals surface area contributed by atoms with Gasteiger partial charge in [0.2, 0.25) is 5.91 Å². The molecule has 0 saturated carbocycles. The van der Waals surface area contributed by atoms with Crippen molar-refractivity contribution in [2.75, 3.05) is 13.7 Å². The molecule has 1 aromatic carbocycles. The van der Waals surface area contributed by atoms with Crippen molar-refractivity contribution in [2.45, 2.75) is 32.9 Å². The highest BCUT2D eigenvalue weighted by molar-refractivity contribution is 5.85. The van der Waals surface area contributed by atoms with Crippen LogP contribution < -0.4 is 5.32 Å². The van der Waals surface area contributed by atoms with Crippen molar-refractivity contribution >= 4 is 11.9 Å². The first-order valence-electron chi connectivity index (χ1n) is 7.01. The largest absolute Gasteiger partial charge is 0.459 e. The zero-order chi connectivity index (χ0) is 15.7. The molecule has 1 N–H and O–H groups in total. The van der Waals surface area contributed by atoms with E-state index in [0.29, 0.717) is 6.42 Å². The maximum atomic E-state index is 12.1. The number of nitrogens with one attached hydrogen (secondary N) is 1. The zero-order valence-corrected chi connectivity index (χ0v) is 12.8. The number of benzene rings is 1. The number of hydrogen-bond acceptors (Lipinski definition) is 4. The Labute approximate surface area is 125 Å². The Kier molecular flexibility index (Phi) is 7.46. The fourth-order valence-corrected chi connectivity index (χ4v) is 1.88. The van der Waals surface area contributed by atoms with E-state index >= 15 is 0 Å². The second-order valence-electron chi connectivity index (χ2n) is 5.28. The number of carbonyl (C=O) groups is 2. The van der Waals surface area contributed by atoms with Crippen molar-refractivity contribution in [3.63, 3.8) is 0 Å². The smallest absolute Gasteiger partial charge is 0.328 e. The number of amides is 1. The van der Waals surface area contributed by atoms with Crippen molar-refractivity contribution in [3.05, 3.63) is 35.9 Å². The van der Waals surface area contributed by atoms with Crippen molar-refractivity contribution in [1.29, 1.82) is 0 Å². The van der Waals surface area contributed by atoms with Gasteiger partial charge in [0.15, 0.2) is 0 Å². The van der Waals surface area contributed by atoms with Crippen LogP contribution in [0.25, 0.3) is 0 Å². The molecule has 1 aromatic rings. The molecule has 0 aliphatic heterocycles. The summed E-state index contributed by atoms with van der Waals surface area (Å²) in [6, 6.07) is 8.79. The van der Waals surface area contributed by atoms with Gasteiger partial charge in [0.1, 0.15) is 19.3 Å². The predicted molar refractivity (Wildman–Crippen MR) is 79.5 cm³/mol. The fraction of sp³-hybridized carbons (Fsp3) is 0.500. The number of rotatable bonds is 8. The van der Waals surface area contributed by atoms with Crippen LogP contribution in [0.15, 0.2) is 30.3 Å². The molecule has 21 heavy (non-hydrogen) atoms. The molecular formula is C16H23NO4. The van der Waals surface area contributed by atoms with Gasteiger partial charge in [-0.25, -0.2) is 4.79 Å². The van der Waals surface area contributed by atoms with Crippen LogP contribution in [0.5, 0.6) is 0 Å². The predicted octanol–water partition coefficient (Wildman–Crippen LogP) is 1.91. The third-order valence-corrected chi connectivity index (χ3v) is 2.83.